The zero-order valence-corrected chi connectivity index (χ0v) is 20.0. The van der Waals surface area contributed by atoms with Gasteiger partial charge in [0.05, 0.1) is 17.6 Å². The Balaban J connectivity index is 1.73. The highest BCUT2D eigenvalue weighted by Crippen LogP contribution is 2.35. The molecule has 3 rings (SSSR count). The van der Waals surface area contributed by atoms with Crippen molar-refractivity contribution in [1.29, 1.82) is 0 Å². The van der Waals surface area contributed by atoms with Gasteiger partial charge >= 0.3 is 0 Å². The van der Waals surface area contributed by atoms with E-state index >= 15 is 0 Å². The molecule has 1 aliphatic rings. The van der Waals surface area contributed by atoms with E-state index in [9.17, 15) is 14.4 Å². The van der Waals surface area contributed by atoms with Crippen molar-refractivity contribution in [3.63, 3.8) is 0 Å². The summed E-state index contributed by atoms with van der Waals surface area (Å²) >= 11 is 0.812. The molecule has 1 saturated heterocycles. The fourth-order valence-corrected chi connectivity index (χ4v) is 3.97. The molecule has 0 saturated carbocycles. The molecule has 174 valence electrons. The number of hydrogen-bond acceptors (Lipinski definition) is 6. The van der Waals surface area contributed by atoms with E-state index in [0.29, 0.717) is 29.4 Å². The molecule has 0 aromatic heterocycles. The minimum Gasteiger partial charge on any atom is -0.490 e. The summed E-state index contributed by atoms with van der Waals surface area (Å²) in [4.78, 5) is 38.8. The fraction of sp³-hybridized carbons (Fsp3) is 0.320. The van der Waals surface area contributed by atoms with Crippen molar-refractivity contribution in [2.45, 2.75) is 40.2 Å². The van der Waals surface area contributed by atoms with Crippen LogP contribution in [0.3, 0.4) is 0 Å². The summed E-state index contributed by atoms with van der Waals surface area (Å²) in [7, 11) is 0. The molecule has 0 bridgehead atoms. The Kier molecular flexibility index (Phi) is 8.16. The van der Waals surface area contributed by atoms with Crippen LogP contribution in [0.25, 0.3) is 6.08 Å². The summed E-state index contributed by atoms with van der Waals surface area (Å²) < 4.78 is 11.6. The number of nitrogens with zero attached hydrogens (tertiary/aromatic N) is 1. The quantitative estimate of drug-likeness (QED) is 0.506. The lowest BCUT2D eigenvalue weighted by Crippen LogP contribution is -2.36. The third-order valence-electron chi connectivity index (χ3n) is 4.95. The number of carbonyl (C=O) groups is 3. The first-order chi connectivity index (χ1) is 15.8. The van der Waals surface area contributed by atoms with Gasteiger partial charge in [-0.1, -0.05) is 25.1 Å². The number of benzene rings is 2. The van der Waals surface area contributed by atoms with Crippen molar-refractivity contribution in [2.24, 2.45) is 0 Å². The van der Waals surface area contributed by atoms with Crippen LogP contribution >= 0.6 is 11.8 Å². The summed E-state index contributed by atoms with van der Waals surface area (Å²) in [6.07, 6.45) is 2.52. The van der Waals surface area contributed by atoms with Crippen LogP contribution in [0.4, 0.5) is 10.5 Å². The molecule has 0 aliphatic carbocycles. The van der Waals surface area contributed by atoms with E-state index in [1.54, 1.807) is 30.3 Å². The number of thioether (sulfide) groups is 1. The number of rotatable bonds is 9. The number of hydrogen-bond donors (Lipinski definition) is 1. The lowest BCUT2D eigenvalue weighted by molar-refractivity contribution is -0.127. The summed E-state index contributed by atoms with van der Waals surface area (Å²) in [6, 6.07) is 12.7. The van der Waals surface area contributed by atoms with Crippen LogP contribution in [0.2, 0.25) is 0 Å². The third-order valence-corrected chi connectivity index (χ3v) is 5.85. The maximum atomic E-state index is 12.8. The number of nitrogens with one attached hydrogen (secondary N) is 1. The van der Waals surface area contributed by atoms with E-state index in [1.165, 1.54) is 0 Å². The number of imide groups is 1. The predicted octanol–water partition coefficient (Wildman–Crippen LogP) is 5.25. The molecule has 1 aliphatic heterocycles. The van der Waals surface area contributed by atoms with Gasteiger partial charge in [-0.3, -0.25) is 19.3 Å². The van der Waals surface area contributed by atoms with Gasteiger partial charge in [0, 0.05) is 5.69 Å². The van der Waals surface area contributed by atoms with Crippen molar-refractivity contribution >= 4 is 40.6 Å². The van der Waals surface area contributed by atoms with Gasteiger partial charge in [0.15, 0.2) is 11.5 Å². The minimum atomic E-state index is -0.498. The molecular formula is C25H28N2O5S. The van der Waals surface area contributed by atoms with Crippen LogP contribution in [0.15, 0.2) is 47.4 Å². The number of anilines is 1. The molecule has 0 unspecified atom stereocenters. The lowest BCUT2D eigenvalue weighted by atomic mass is 10.1. The van der Waals surface area contributed by atoms with Crippen LogP contribution in [0.1, 0.15) is 38.3 Å². The molecule has 2 aromatic rings. The van der Waals surface area contributed by atoms with Crippen LogP contribution in [-0.4, -0.2) is 41.2 Å². The van der Waals surface area contributed by atoms with Gasteiger partial charge in [-0.2, -0.15) is 0 Å². The van der Waals surface area contributed by atoms with E-state index < -0.39 is 17.1 Å². The van der Waals surface area contributed by atoms with Gasteiger partial charge in [-0.05, 0) is 80.4 Å². The monoisotopic (exact) mass is 468 g/mol. The standard InChI is InChI=1S/C25H28N2O5S/c1-5-17(4)32-20-11-10-18(13-21(20)31-6-2)14-22-24(29)27(25(30)33-22)15-23(28)26-19-9-7-8-16(3)12-19/h7-14,17H,5-6,15H2,1-4H3,(H,26,28)/b22-14+/t17-/m1/s1. The average molecular weight is 469 g/mol. The van der Waals surface area contributed by atoms with E-state index in [-0.39, 0.29) is 17.6 Å². The average Bonchev–Trinajstić information content (AvgIpc) is 3.02. The van der Waals surface area contributed by atoms with Crippen molar-refractivity contribution in [1.82, 2.24) is 4.90 Å². The van der Waals surface area contributed by atoms with Crippen LogP contribution in [0.5, 0.6) is 11.5 Å². The lowest BCUT2D eigenvalue weighted by Gasteiger charge is -2.16. The SMILES string of the molecule is CCOc1cc(/C=C2/SC(=O)N(CC(=O)Nc3cccc(C)c3)C2=O)ccc1O[C@H](C)CC. The Morgan fingerprint density at radius 3 is 2.64 bits per heavy atom. The first-order valence-corrected chi connectivity index (χ1v) is 11.7. The number of ether oxygens (including phenoxy) is 2. The van der Waals surface area contributed by atoms with Crippen molar-refractivity contribution in [2.75, 3.05) is 18.5 Å². The Labute approximate surface area is 198 Å². The van der Waals surface area contributed by atoms with Gasteiger partial charge in [0.25, 0.3) is 11.1 Å². The highest BCUT2D eigenvalue weighted by molar-refractivity contribution is 8.18. The smallest absolute Gasteiger partial charge is 0.294 e. The molecular weight excluding hydrogens is 440 g/mol. The molecule has 8 heteroatoms. The zero-order chi connectivity index (χ0) is 24.0. The van der Waals surface area contributed by atoms with Crippen molar-refractivity contribution < 1.29 is 23.9 Å². The second-order valence-corrected chi connectivity index (χ2v) is 8.65. The molecule has 1 fully saturated rings. The second-order valence-electron chi connectivity index (χ2n) is 7.66. The van der Waals surface area contributed by atoms with E-state index in [0.717, 1.165) is 28.6 Å². The first-order valence-electron chi connectivity index (χ1n) is 10.9. The van der Waals surface area contributed by atoms with Gasteiger partial charge in [0.2, 0.25) is 5.91 Å². The molecule has 33 heavy (non-hydrogen) atoms. The number of carbonyl (C=O) groups excluding carboxylic acids is 3. The largest absolute Gasteiger partial charge is 0.490 e. The van der Waals surface area contributed by atoms with E-state index in [1.807, 2.05) is 45.9 Å². The maximum absolute atomic E-state index is 12.8. The maximum Gasteiger partial charge on any atom is 0.294 e. The normalized spacial score (nSPS) is 15.6. The zero-order valence-electron chi connectivity index (χ0n) is 19.2. The Morgan fingerprint density at radius 2 is 1.94 bits per heavy atom. The molecule has 7 nitrogen and oxygen atoms in total. The fourth-order valence-electron chi connectivity index (χ4n) is 3.13. The molecule has 1 heterocycles. The van der Waals surface area contributed by atoms with Gasteiger partial charge in [-0.15, -0.1) is 0 Å². The molecule has 1 atom stereocenters. The number of aryl methyl sites for hydroxylation is 1. The Morgan fingerprint density at radius 1 is 1.15 bits per heavy atom. The van der Waals surface area contributed by atoms with Gasteiger partial charge < -0.3 is 14.8 Å². The molecule has 3 amide bonds. The summed E-state index contributed by atoms with van der Waals surface area (Å²) in [5.41, 5.74) is 2.31. The third kappa shape index (κ3) is 6.38. The highest BCUT2D eigenvalue weighted by atomic mass is 32.2. The van der Waals surface area contributed by atoms with E-state index in [4.69, 9.17) is 9.47 Å². The Hall–Kier alpha value is -3.26. The van der Waals surface area contributed by atoms with Gasteiger partial charge in [-0.25, -0.2) is 0 Å². The first kappa shape index (κ1) is 24.4. The van der Waals surface area contributed by atoms with Crippen molar-refractivity contribution in [3.05, 3.63) is 58.5 Å². The molecule has 1 N–H and O–H groups in total. The summed E-state index contributed by atoms with van der Waals surface area (Å²) in [6.45, 7) is 7.93. The summed E-state index contributed by atoms with van der Waals surface area (Å²) in [5.74, 6) is 0.268. The minimum absolute atomic E-state index is 0.0394. The predicted molar refractivity (Wildman–Crippen MR) is 130 cm³/mol. The summed E-state index contributed by atoms with van der Waals surface area (Å²) in [5, 5.41) is 2.24. The van der Waals surface area contributed by atoms with Crippen molar-refractivity contribution in [3.8, 4) is 11.5 Å². The van der Waals surface area contributed by atoms with Crippen LogP contribution in [-0.2, 0) is 9.59 Å². The number of amides is 3. The molecule has 0 spiro atoms. The topological polar surface area (TPSA) is 84.9 Å². The Bertz CT molecular complexity index is 1080. The highest BCUT2D eigenvalue weighted by Gasteiger charge is 2.36. The van der Waals surface area contributed by atoms with Crippen LogP contribution in [0, 0.1) is 6.92 Å². The van der Waals surface area contributed by atoms with E-state index in [2.05, 4.69) is 5.32 Å². The molecule has 2 aromatic carbocycles. The molecule has 0 radical (unpaired) electrons. The second kappa shape index (κ2) is 11.0. The van der Waals surface area contributed by atoms with Gasteiger partial charge in [0.1, 0.15) is 6.54 Å². The van der Waals surface area contributed by atoms with Crippen LogP contribution < -0.4 is 14.8 Å².